The minimum atomic E-state index is -3.26. The lowest BCUT2D eigenvalue weighted by Gasteiger charge is -2.17. The molecule has 0 aliphatic rings. The van der Waals surface area contributed by atoms with Gasteiger partial charge in [0.1, 0.15) is 0 Å². The van der Waals surface area contributed by atoms with Crippen molar-refractivity contribution in [1.82, 2.24) is 9.97 Å². The number of hydrogen-bond acceptors (Lipinski definition) is 4. The predicted octanol–water partition coefficient (Wildman–Crippen LogP) is 0.435. The maximum atomic E-state index is 11.3. The molecule has 0 aliphatic carbocycles. The summed E-state index contributed by atoms with van der Waals surface area (Å²) in [4.78, 5) is 8.06. The fourth-order valence-corrected chi connectivity index (χ4v) is 1.50. The zero-order chi connectivity index (χ0) is 10.8. The topological polar surface area (TPSA) is 63.2 Å². The average Bonchev–Trinajstić information content (AvgIpc) is 2.15. The van der Waals surface area contributed by atoms with Gasteiger partial charge in [-0.15, -0.1) is 0 Å². The van der Waals surface area contributed by atoms with Crippen molar-refractivity contribution >= 4 is 15.8 Å². The lowest BCUT2D eigenvalue weighted by molar-refractivity contribution is 0.599. The number of aryl methyl sites for hydroxylation is 1. The number of anilines is 1. The third-order valence-electron chi connectivity index (χ3n) is 1.88. The first-order chi connectivity index (χ1) is 6.46. The molecule has 0 amide bonds. The van der Waals surface area contributed by atoms with Gasteiger partial charge in [-0.05, 0) is 6.42 Å². The van der Waals surface area contributed by atoms with Crippen molar-refractivity contribution in [3.63, 3.8) is 0 Å². The van der Waals surface area contributed by atoms with Crippen LogP contribution in [0.25, 0.3) is 0 Å². The molecular formula is C8H13N3O2S. The first-order valence-corrected chi connectivity index (χ1v) is 6.05. The van der Waals surface area contributed by atoms with E-state index >= 15 is 0 Å². The van der Waals surface area contributed by atoms with E-state index in [0.29, 0.717) is 17.9 Å². The van der Waals surface area contributed by atoms with Crippen LogP contribution < -0.4 is 4.31 Å². The van der Waals surface area contributed by atoms with E-state index in [4.69, 9.17) is 0 Å². The van der Waals surface area contributed by atoms with Crippen LogP contribution in [0.3, 0.4) is 0 Å². The van der Waals surface area contributed by atoms with Crippen LogP contribution in [0.1, 0.15) is 12.6 Å². The number of rotatable bonds is 3. The highest BCUT2D eigenvalue weighted by Gasteiger charge is 2.16. The molecule has 0 atom stereocenters. The zero-order valence-corrected chi connectivity index (χ0v) is 9.24. The van der Waals surface area contributed by atoms with E-state index in [-0.39, 0.29) is 0 Å². The van der Waals surface area contributed by atoms with Crippen LogP contribution in [-0.2, 0) is 16.4 Å². The molecule has 1 aromatic rings. The Morgan fingerprint density at radius 3 is 2.43 bits per heavy atom. The summed E-state index contributed by atoms with van der Waals surface area (Å²) in [7, 11) is -1.79. The standard InChI is InChI=1S/C8H13N3O2S/c1-4-7-8(10-6-5-9-7)11(2)14(3,12)13/h5-6H,4H2,1-3H3. The summed E-state index contributed by atoms with van der Waals surface area (Å²) in [6.45, 7) is 1.91. The Labute approximate surface area is 83.9 Å². The van der Waals surface area contributed by atoms with Crippen molar-refractivity contribution in [3.8, 4) is 0 Å². The molecule has 0 bridgehead atoms. The second-order valence-corrected chi connectivity index (χ2v) is 4.92. The Balaban J connectivity index is 3.19. The summed E-state index contributed by atoms with van der Waals surface area (Å²) in [6, 6.07) is 0. The monoisotopic (exact) mass is 215 g/mol. The molecule has 14 heavy (non-hydrogen) atoms. The van der Waals surface area contributed by atoms with Crippen molar-refractivity contribution in [2.75, 3.05) is 17.6 Å². The second-order valence-electron chi connectivity index (χ2n) is 2.91. The molecule has 0 saturated heterocycles. The molecule has 1 heterocycles. The minimum Gasteiger partial charge on any atom is -0.256 e. The van der Waals surface area contributed by atoms with Gasteiger partial charge in [-0.1, -0.05) is 6.92 Å². The molecule has 0 aliphatic heterocycles. The van der Waals surface area contributed by atoms with E-state index in [1.54, 1.807) is 6.20 Å². The SMILES string of the molecule is CCc1nccnc1N(C)S(C)(=O)=O. The number of aromatic nitrogens is 2. The first kappa shape index (κ1) is 10.9. The molecule has 5 nitrogen and oxygen atoms in total. The summed E-state index contributed by atoms with van der Waals surface area (Å²) in [6.07, 6.45) is 4.83. The van der Waals surface area contributed by atoms with Crippen molar-refractivity contribution in [3.05, 3.63) is 18.1 Å². The van der Waals surface area contributed by atoms with Gasteiger partial charge in [-0.2, -0.15) is 0 Å². The Morgan fingerprint density at radius 1 is 1.36 bits per heavy atom. The summed E-state index contributed by atoms with van der Waals surface area (Å²) in [5.74, 6) is 0.400. The normalized spacial score (nSPS) is 11.4. The van der Waals surface area contributed by atoms with Crippen LogP contribution in [0.5, 0.6) is 0 Å². The maximum Gasteiger partial charge on any atom is 0.233 e. The highest BCUT2D eigenvalue weighted by Crippen LogP contribution is 2.15. The molecule has 1 aromatic heterocycles. The van der Waals surface area contributed by atoms with E-state index in [0.717, 1.165) is 10.6 Å². The van der Waals surface area contributed by atoms with Crippen LogP contribution in [0.4, 0.5) is 5.82 Å². The third-order valence-corrected chi connectivity index (χ3v) is 3.05. The Morgan fingerprint density at radius 2 is 1.93 bits per heavy atom. The zero-order valence-electron chi connectivity index (χ0n) is 8.43. The molecule has 0 aromatic carbocycles. The molecule has 1 rings (SSSR count). The summed E-state index contributed by atoms with van der Waals surface area (Å²) >= 11 is 0. The highest BCUT2D eigenvalue weighted by atomic mass is 32.2. The molecule has 0 saturated carbocycles. The van der Waals surface area contributed by atoms with Gasteiger partial charge in [-0.25, -0.2) is 13.4 Å². The van der Waals surface area contributed by atoms with E-state index in [1.165, 1.54) is 13.2 Å². The summed E-state index contributed by atoms with van der Waals surface area (Å²) < 4.78 is 23.7. The Kier molecular flexibility index (Phi) is 3.05. The number of hydrogen-bond donors (Lipinski definition) is 0. The molecular weight excluding hydrogens is 202 g/mol. The smallest absolute Gasteiger partial charge is 0.233 e. The number of nitrogens with zero attached hydrogens (tertiary/aromatic N) is 3. The molecule has 78 valence electrons. The van der Waals surface area contributed by atoms with Crippen LogP contribution in [0, 0.1) is 0 Å². The molecule has 0 fully saturated rings. The Hall–Kier alpha value is -1.17. The quantitative estimate of drug-likeness (QED) is 0.733. The van der Waals surface area contributed by atoms with Gasteiger partial charge in [0.15, 0.2) is 5.82 Å². The third kappa shape index (κ3) is 2.20. The van der Waals surface area contributed by atoms with Crippen molar-refractivity contribution < 1.29 is 8.42 Å². The fraction of sp³-hybridized carbons (Fsp3) is 0.500. The van der Waals surface area contributed by atoms with E-state index < -0.39 is 10.0 Å². The molecule has 0 radical (unpaired) electrons. The Bertz CT molecular complexity index is 416. The maximum absolute atomic E-state index is 11.3. The first-order valence-electron chi connectivity index (χ1n) is 4.20. The average molecular weight is 215 g/mol. The second kappa shape index (κ2) is 3.91. The van der Waals surface area contributed by atoms with Crippen molar-refractivity contribution in [2.45, 2.75) is 13.3 Å². The molecule has 6 heteroatoms. The van der Waals surface area contributed by atoms with Crippen molar-refractivity contribution in [1.29, 1.82) is 0 Å². The van der Waals surface area contributed by atoms with Gasteiger partial charge < -0.3 is 0 Å². The van der Waals surface area contributed by atoms with Crippen LogP contribution in [0.2, 0.25) is 0 Å². The van der Waals surface area contributed by atoms with Gasteiger partial charge in [0.25, 0.3) is 0 Å². The van der Waals surface area contributed by atoms with E-state index in [2.05, 4.69) is 9.97 Å². The van der Waals surface area contributed by atoms with Crippen LogP contribution >= 0.6 is 0 Å². The van der Waals surface area contributed by atoms with Gasteiger partial charge in [0.2, 0.25) is 10.0 Å². The van der Waals surface area contributed by atoms with Crippen molar-refractivity contribution in [2.24, 2.45) is 0 Å². The lowest BCUT2D eigenvalue weighted by Crippen LogP contribution is -2.27. The van der Waals surface area contributed by atoms with Gasteiger partial charge in [-0.3, -0.25) is 9.29 Å². The lowest BCUT2D eigenvalue weighted by atomic mass is 10.3. The summed E-state index contributed by atoms with van der Waals surface area (Å²) in [5, 5.41) is 0. The van der Waals surface area contributed by atoms with E-state index in [9.17, 15) is 8.42 Å². The van der Waals surface area contributed by atoms with E-state index in [1.807, 2.05) is 6.92 Å². The largest absolute Gasteiger partial charge is 0.256 e. The predicted molar refractivity (Wildman–Crippen MR) is 54.7 cm³/mol. The minimum absolute atomic E-state index is 0.400. The van der Waals surface area contributed by atoms with Gasteiger partial charge in [0.05, 0.1) is 11.9 Å². The molecule has 0 spiro atoms. The number of sulfonamides is 1. The highest BCUT2D eigenvalue weighted by molar-refractivity contribution is 7.92. The molecule has 0 N–H and O–H groups in total. The van der Waals surface area contributed by atoms with Gasteiger partial charge in [0, 0.05) is 19.4 Å². The van der Waals surface area contributed by atoms with Gasteiger partial charge >= 0.3 is 0 Å². The van der Waals surface area contributed by atoms with Crippen LogP contribution in [-0.4, -0.2) is 31.7 Å². The summed E-state index contributed by atoms with van der Waals surface area (Å²) in [5.41, 5.74) is 0.681. The van der Waals surface area contributed by atoms with Crippen LogP contribution in [0.15, 0.2) is 12.4 Å². The fourth-order valence-electron chi connectivity index (χ4n) is 1.03. The molecule has 0 unspecified atom stereocenters.